The predicted octanol–water partition coefficient (Wildman–Crippen LogP) is -5.44. The highest BCUT2D eigenvalue weighted by molar-refractivity contribution is 7.99. The molecule has 2 aliphatic rings. The van der Waals surface area contributed by atoms with Crippen molar-refractivity contribution in [2.24, 2.45) is 40.3 Å². The van der Waals surface area contributed by atoms with E-state index in [1.165, 1.54) is 13.8 Å². The van der Waals surface area contributed by atoms with E-state index in [1.807, 2.05) is 0 Å². The summed E-state index contributed by atoms with van der Waals surface area (Å²) >= 11 is 4.11. The Bertz CT molecular complexity index is 2900. The molecule has 0 fully saturated rings. The van der Waals surface area contributed by atoms with Gasteiger partial charge in [0, 0.05) is 56.7 Å². The van der Waals surface area contributed by atoms with Crippen LogP contribution in [0.2, 0.25) is 0 Å². The van der Waals surface area contributed by atoms with E-state index in [9.17, 15) is 43.2 Å². The van der Waals surface area contributed by atoms with Crippen molar-refractivity contribution in [3.63, 3.8) is 0 Å². The number of Topliss-reactive ketones (excluding diaryl/α,β-unsaturated/α-hetero) is 1. The summed E-state index contributed by atoms with van der Waals surface area (Å²) in [5.74, 6) is -22.0. The van der Waals surface area contributed by atoms with Crippen molar-refractivity contribution >= 4 is 125 Å². The first kappa shape index (κ1) is 83.1. The van der Waals surface area contributed by atoms with Gasteiger partial charge < -0.3 is 109 Å². The van der Waals surface area contributed by atoms with Gasteiger partial charge in [0.05, 0.1) is 16.3 Å². The molecule has 538 valence electrons. The van der Waals surface area contributed by atoms with E-state index in [0.717, 1.165) is 0 Å². The third-order valence-corrected chi connectivity index (χ3v) is 16.5. The minimum Gasteiger partial charge on any atom is -0.370 e. The van der Waals surface area contributed by atoms with Crippen LogP contribution in [0.3, 0.4) is 0 Å². The van der Waals surface area contributed by atoms with Gasteiger partial charge in [-0.25, -0.2) is 17.6 Å². The first-order valence-electron chi connectivity index (χ1n) is 30.2. The summed E-state index contributed by atoms with van der Waals surface area (Å²) in [5, 5.41) is 81.0. The van der Waals surface area contributed by atoms with E-state index in [1.54, 1.807) is 0 Å². The van der Waals surface area contributed by atoms with Crippen LogP contribution in [0.15, 0.2) is 9.79 Å². The number of guanidine groups is 6. The van der Waals surface area contributed by atoms with Crippen molar-refractivity contribution in [2.45, 2.75) is 149 Å². The highest BCUT2D eigenvalue weighted by atomic mass is 32.2. The number of rotatable bonds is 29. The molecule has 2 heterocycles. The number of thioether (sulfide) groups is 2. The molecule has 3 rings (SSSR count). The quantitative estimate of drug-likeness (QED) is 0.00677. The molecular weight excluding hydrogens is 1330 g/mol. The Morgan fingerprint density at radius 1 is 0.427 bits per heavy atom. The Hall–Kier alpha value is -9.00. The maximum absolute atomic E-state index is 16.2. The number of fused-ring (bicyclic) bond motifs is 27. The number of nitrogens with two attached hydrogens (primary N) is 6. The molecule has 0 radical (unpaired) electrons. The summed E-state index contributed by atoms with van der Waals surface area (Å²) in [6, 6.07) is -13.3. The summed E-state index contributed by atoms with van der Waals surface area (Å²) in [6.45, 7) is 2.10. The number of hydrogen-bond acceptors (Lipinski definition) is 19. The highest BCUT2D eigenvalue weighted by Gasteiger charge is 2.36. The van der Waals surface area contributed by atoms with Crippen LogP contribution in [0, 0.1) is 61.6 Å². The van der Waals surface area contributed by atoms with Crippen molar-refractivity contribution in [1.29, 1.82) is 32.5 Å². The number of hydrogen-bond donors (Lipinski definition) is 28. The lowest BCUT2D eigenvalue weighted by Crippen LogP contribution is -2.60. The van der Waals surface area contributed by atoms with Crippen LogP contribution < -0.4 is 114 Å². The normalized spacial score (nSPS) is 20.4. The minimum absolute atomic E-state index is 0.000208. The van der Waals surface area contributed by atoms with Crippen LogP contribution in [-0.2, 0) is 43.2 Å². The van der Waals surface area contributed by atoms with Crippen molar-refractivity contribution in [2.75, 3.05) is 57.3 Å². The zero-order valence-electron chi connectivity index (χ0n) is 53.0. The number of nitrogens with one attached hydrogen (secondary N) is 21. The van der Waals surface area contributed by atoms with E-state index in [4.69, 9.17) is 66.9 Å². The monoisotopic (exact) mass is 1420 g/mol. The Kier molecular flexibility index (Phi) is 38.0. The van der Waals surface area contributed by atoms with Gasteiger partial charge in [0.2, 0.25) is 47.3 Å². The number of amides is 8. The van der Waals surface area contributed by atoms with Crippen LogP contribution in [0.5, 0.6) is 0 Å². The largest absolute Gasteiger partial charge is 0.370 e. The van der Waals surface area contributed by atoms with Gasteiger partial charge in [0.1, 0.15) is 48.3 Å². The van der Waals surface area contributed by atoms with Gasteiger partial charge in [-0.05, 0) is 77.0 Å². The van der Waals surface area contributed by atoms with Crippen molar-refractivity contribution in [3.05, 3.63) is 23.3 Å². The van der Waals surface area contributed by atoms with Gasteiger partial charge in [0.25, 0.3) is 0 Å². The third-order valence-electron chi connectivity index (χ3n) is 13.9. The number of carbonyl (C=O) groups excluding carboxylic acids is 9. The molecule has 8 amide bonds. The second-order valence-corrected chi connectivity index (χ2v) is 24.2. The summed E-state index contributed by atoms with van der Waals surface area (Å²) in [6.07, 6.45) is -1.73. The molecule has 8 unspecified atom stereocenters. The number of thiol groups is 1. The van der Waals surface area contributed by atoms with Gasteiger partial charge >= 0.3 is 0 Å². The molecular formula is C53H91F4N27O9S3. The smallest absolute Gasteiger partial charge is 0.243 e. The fourth-order valence-corrected chi connectivity index (χ4v) is 11.1. The molecule has 0 aromatic heterocycles. The molecule has 2 bridgehead atoms. The van der Waals surface area contributed by atoms with Gasteiger partial charge in [-0.1, -0.05) is 26.7 Å². The van der Waals surface area contributed by atoms with Crippen molar-refractivity contribution in [3.8, 4) is 0 Å². The Morgan fingerprint density at radius 3 is 0.906 bits per heavy atom. The van der Waals surface area contributed by atoms with Gasteiger partial charge in [0.15, 0.2) is 64.8 Å². The lowest BCUT2D eigenvalue weighted by molar-refractivity contribution is -0.136. The molecule has 33 N–H and O–H groups in total. The number of ketones is 1. The van der Waals surface area contributed by atoms with Crippen LogP contribution >= 0.6 is 36.3 Å². The first-order chi connectivity index (χ1) is 45.3. The van der Waals surface area contributed by atoms with Gasteiger partial charge in [-0.2, -0.15) is 0 Å². The molecule has 0 saturated carbocycles. The van der Waals surface area contributed by atoms with E-state index in [-0.39, 0.29) is 140 Å². The van der Waals surface area contributed by atoms with E-state index in [2.05, 4.69) is 92.0 Å². The fourth-order valence-electron chi connectivity index (χ4n) is 8.73. The summed E-state index contributed by atoms with van der Waals surface area (Å²) in [7, 11) is 0. The van der Waals surface area contributed by atoms with Crippen LogP contribution in [0.25, 0.3) is 0 Å². The average molecular weight is 1420 g/mol. The summed E-state index contributed by atoms with van der Waals surface area (Å²) in [4.78, 5) is 126. The van der Waals surface area contributed by atoms with Crippen molar-refractivity contribution < 1.29 is 60.7 Å². The van der Waals surface area contributed by atoms with Crippen LogP contribution in [-0.4, -0.2) is 194 Å². The second kappa shape index (κ2) is 43.9. The zero-order valence-corrected chi connectivity index (χ0v) is 55.5. The second-order valence-electron chi connectivity index (χ2n) is 21.9. The van der Waals surface area contributed by atoms with Gasteiger partial charge in [-0.15, -0.1) is 23.5 Å². The lowest BCUT2D eigenvalue weighted by atomic mass is 10.0. The molecule has 8 atom stereocenters. The average Bonchev–Trinajstić information content (AvgIpc) is 0.805. The summed E-state index contributed by atoms with van der Waals surface area (Å²) in [5.41, 5.74) is 32.9. The van der Waals surface area contributed by atoms with Crippen molar-refractivity contribution in [1.82, 2.24) is 79.2 Å². The van der Waals surface area contributed by atoms with E-state index < -0.39 is 194 Å². The van der Waals surface area contributed by atoms with Crippen LogP contribution in [0.4, 0.5) is 17.6 Å². The van der Waals surface area contributed by atoms with Crippen LogP contribution in [0.1, 0.15) is 90.9 Å². The molecule has 0 saturated heterocycles. The van der Waals surface area contributed by atoms with E-state index in [0.29, 0.717) is 0 Å². The van der Waals surface area contributed by atoms with E-state index >= 15 is 17.6 Å². The maximum Gasteiger partial charge on any atom is 0.243 e. The molecule has 1 aromatic carbocycles. The highest BCUT2D eigenvalue weighted by Crippen LogP contribution is 2.37. The Balaban J connectivity index is 3.08. The molecule has 96 heavy (non-hydrogen) atoms. The summed E-state index contributed by atoms with van der Waals surface area (Å²) < 4.78 is 66.9. The Morgan fingerprint density at radius 2 is 0.667 bits per heavy atom. The maximum atomic E-state index is 16.2. The standard InChI is InChI=1S/C53H91F4N27O9S3/c1-24(2)33(85)21-76-40(86)31-22-95-38-34(54)36(56)39(37(57)35(38)55)96-23-32(84-94)47(93)82-29(13-7-19-74-52(66)67)45(91)80-27(11-5-17-72-50(62)63)43(89)78-25(9-3-15-70-48(58)59)41(87)77-26(10-4-16-71-49(60)61)42(88)79-28(12-6-18-73-51(64)65)44(90)81-30(46(92)83-31)14-8-20-75-53(68)69/h24-32,84,94H,3-23H2,1-2H3,(H,76,86)(H,77,87)(H,78,89)(H,79,88)(H,80,91)(H,81,90)(H,82,93)(H,83,92)(H4,58,59,70)(H4,60,61,71)(H4,62,63,72)(H4,64,65,73)(H4,66,67,74)(H4,68,69,75). The molecule has 2 aliphatic heterocycles. The number of carbonyl (C=O) groups is 9. The minimum atomic E-state index is -1.98. The first-order valence-corrected chi connectivity index (χ1v) is 32.6. The number of halogens is 4. The lowest BCUT2D eigenvalue weighted by Gasteiger charge is -2.28. The topological polar surface area (TPSA) is 633 Å². The molecule has 36 nitrogen and oxygen atoms in total. The zero-order chi connectivity index (χ0) is 72.2. The molecule has 0 spiro atoms. The predicted molar refractivity (Wildman–Crippen MR) is 355 cm³/mol. The third kappa shape index (κ3) is 31.5. The molecule has 43 heteroatoms. The molecule has 0 aliphatic carbocycles. The van der Waals surface area contributed by atoms with Gasteiger partial charge in [-0.3, -0.25) is 80.3 Å². The SMILES string of the molecule is CC(C)C(=O)CNC(=O)C1CSc2c(F)c(F)c(c(F)c2F)SCC(NS)C(=O)NC(CCCNC(=N)N)C(=O)NC(CCCNC(=N)N)C(=O)NC(CCCNC(=N)N)C(=O)NC(CCCNC(=N)N)C(=O)NC(CCCNC(=N)N)C(=O)NC(CCCNC(=N)N)C(=O)N1. The number of benzene rings is 1. The Labute approximate surface area is 565 Å². The molecule has 1 aromatic rings. The fraction of sp³-hybridized carbons (Fsp3) is 0.604.